The highest BCUT2D eigenvalue weighted by atomic mass is 16.5. The van der Waals surface area contributed by atoms with Crippen LogP contribution in [0, 0.1) is 0 Å². The van der Waals surface area contributed by atoms with E-state index in [1.165, 1.54) is 0 Å². The summed E-state index contributed by atoms with van der Waals surface area (Å²) in [6.45, 7) is 5.02. The quantitative estimate of drug-likeness (QED) is 0.590. The largest absolute Gasteiger partial charge is 0.370 e. The number of imidazole rings is 1. The third-order valence-corrected chi connectivity index (χ3v) is 2.25. The van der Waals surface area contributed by atoms with Gasteiger partial charge in [0.15, 0.2) is 0 Å². The lowest BCUT2D eigenvalue weighted by atomic mass is 10.4. The minimum Gasteiger partial charge on any atom is -0.370 e. The third-order valence-electron chi connectivity index (χ3n) is 2.25. The Morgan fingerprint density at radius 2 is 2.47 bits per heavy atom. The number of primary amides is 1. The van der Waals surface area contributed by atoms with E-state index in [0.717, 1.165) is 25.2 Å². The van der Waals surface area contributed by atoms with Crippen molar-refractivity contribution in [2.45, 2.75) is 26.4 Å². The summed E-state index contributed by atoms with van der Waals surface area (Å²) < 4.78 is 7.11. The first-order chi connectivity index (χ1) is 8.24. The molecule has 0 aliphatic carbocycles. The van der Waals surface area contributed by atoms with Crippen LogP contribution in [-0.4, -0.2) is 35.2 Å². The number of hydrogen-bond acceptors (Lipinski definition) is 4. The molecule has 0 saturated carbocycles. The Balaban J connectivity index is 2.27. The molecule has 17 heavy (non-hydrogen) atoms. The van der Waals surface area contributed by atoms with Gasteiger partial charge in [0.2, 0.25) is 5.91 Å². The van der Waals surface area contributed by atoms with Crippen LogP contribution in [-0.2, 0) is 22.6 Å². The van der Waals surface area contributed by atoms with Crippen molar-refractivity contribution in [1.29, 1.82) is 0 Å². The van der Waals surface area contributed by atoms with E-state index in [-0.39, 0.29) is 6.61 Å². The van der Waals surface area contributed by atoms with E-state index >= 15 is 0 Å². The first-order valence-electron chi connectivity index (χ1n) is 5.79. The minimum atomic E-state index is -0.444. The average Bonchev–Trinajstić information content (AvgIpc) is 2.72. The SMILES string of the molecule is CCCNCc1cncn1CCOCC(N)=O. The van der Waals surface area contributed by atoms with Crippen LogP contribution < -0.4 is 11.1 Å². The number of carbonyl (C=O) groups excluding carboxylic acids is 1. The van der Waals surface area contributed by atoms with Gasteiger partial charge < -0.3 is 20.4 Å². The number of ether oxygens (including phenoxy) is 1. The Morgan fingerprint density at radius 1 is 1.65 bits per heavy atom. The average molecular weight is 240 g/mol. The van der Waals surface area contributed by atoms with Gasteiger partial charge in [-0.1, -0.05) is 6.92 Å². The normalized spacial score (nSPS) is 10.6. The van der Waals surface area contributed by atoms with E-state index in [9.17, 15) is 4.79 Å². The molecule has 0 aliphatic heterocycles. The summed E-state index contributed by atoms with van der Waals surface area (Å²) in [6.07, 6.45) is 4.70. The highest BCUT2D eigenvalue weighted by molar-refractivity contribution is 5.74. The van der Waals surface area contributed by atoms with Gasteiger partial charge in [-0.3, -0.25) is 4.79 Å². The first kappa shape index (κ1) is 13.7. The molecule has 0 spiro atoms. The Kier molecular flexibility index (Phi) is 6.27. The smallest absolute Gasteiger partial charge is 0.243 e. The Hall–Kier alpha value is -1.40. The van der Waals surface area contributed by atoms with Gasteiger partial charge in [-0.25, -0.2) is 4.98 Å². The standard InChI is InChI=1S/C11H20N4O2/c1-2-3-13-6-10-7-14-9-15(10)4-5-17-8-11(12)16/h7,9,13H,2-6,8H2,1H3,(H2,12,16). The van der Waals surface area contributed by atoms with Crippen molar-refractivity contribution in [1.82, 2.24) is 14.9 Å². The Morgan fingerprint density at radius 3 is 3.18 bits per heavy atom. The Labute approximate surface area is 101 Å². The summed E-state index contributed by atoms with van der Waals surface area (Å²) in [6, 6.07) is 0. The summed E-state index contributed by atoms with van der Waals surface area (Å²) in [4.78, 5) is 14.6. The van der Waals surface area contributed by atoms with Crippen LogP contribution in [0.25, 0.3) is 0 Å². The van der Waals surface area contributed by atoms with Crippen LogP contribution >= 0.6 is 0 Å². The fourth-order valence-electron chi connectivity index (χ4n) is 1.43. The summed E-state index contributed by atoms with van der Waals surface area (Å²) in [7, 11) is 0. The molecule has 0 bridgehead atoms. The molecule has 1 amide bonds. The number of hydrogen-bond donors (Lipinski definition) is 2. The second-order valence-electron chi connectivity index (χ2n) is 3.77. The molecule has 1 aromatic heterocycles. The molecule has 0 saturated heterocycles. The summed E-state index contributed by atoms with van der Waals surface area (Å²) in [5.41, 5.74) is 6.08. The fraction of sp³-hybridized carbons (Fsp3) is 0.636. The topological polar surface area (TPSA) is 82.2 Å². The lowest BCUT2D eigenvalue weighted by Gasteiger charge is -2.08. The Bertz CT molecular complexity index is 338. The molecule has 0 radical (unpaired) electrons. The number of nitrogens with two attached hydrogens (primary N) is 1. The van der Waals surface area contributed by atoms with Crippen molar-refractivity contribution < 1.29 is 9.53 Å². The molecule has 0 fully saturated rings. The van der Waals surface area contributed by atoms with E-state index in [1.807, 2.05) is 10.8 Å². The lowest BCUT2D eigenvalue weighted by molar-refractivity contribution is -0.122. The van der Waals surface area contributed by atoms with Crippen LogP contribution in [0.15, 0.2) is 12.5 Å². The van der Waals surface area contributed by atoms with Gasteiger partial charge in [-0.2, -0.15) is 0 Å². The lowest BCUT2D eigenvalue weighted by Crippen LogP contribution is -2.21. The highest BCUT2D eigenvalue weighted by Gasteiger charge is 2.01. The van der Waals surface area contributed by atoms with Crippen molar-refractivity contribution in [3.05, 3.63) is 18.2 Å². The summed E-state index contributed by atoms with van der Waals surface area (Å²) in [5.74, 6) is -0.444. The van der Waals surface area contributed by atoms with E-state index in [0.29, 0.717) is 13.2 Å². The molecule has 96 valence electrons. The zero-order valence-electron chi connectivity index (χ0n) is 10.2. The van der Waals surface area contributed by atoms with Crippen LogP contribution in [0.3, 0.4) is 0 Å². The van der Waals surface area contributed by atoms with Crippen molar-refractivity contribution in [3.8, 4) is 0 Å². The molecule has 1 heterocycles. The highest BCUT2D eigenvalue weighted by Crippen LogP contribution is 1.99. The molecule has 6 heteroatoms. The van der Waals surface area contributed by atoms with Gasteiger partial charge >= 0.3 is 0 Å². The minimum absolute atomic E-state index is 0.0296. The van der Waals surface area contributed by atoms with Crippen LogP contribution in [0.5, 0.6) is 0 Å². The molecule has 0 aliphatic rings. The number of nitrogens with zero attached hydrogens (tertiary/aromatic N) is 2. The number of aromatic nitrogens is 2. The van der Waals surface area contributed by atoms with Crippen LogP contribution in [0.1, 0.15) is 19.0 Å². The molecule has 0 atom stereocenters. The molecule has 6 nitrogen and oxygen atoms in total. The third kappa shape index (κ3) is 5.46. The molecule has 1 rings (SSSR count). The maximum absolute atomic E-state index is 10.5. The van der Waals surface area contributed by atoms with Crippen molar-refractivity contribution in [3.63, 3.8) is 0 Å². The molecular formula is C11H20N4O2. The maximum Gasteiger partial charge on any atom is 0.243 e. The summed E-state index contributed by atoms with van der Waals surface area (Å²) in [5, 5.41) is 3.31. The van der Waals surface area contributed by atoms with E-state index in [1.54, 1.807) is 6.33 Å². The molecular weight excluding hydrogens is 220 g/mol. The predicted octanol–water partition coefficient (Wildman–Crippen LogP) is -0.115. The van der Waals surface area contributed by atoms with Crippen molar-refractivity contribution in [2.75, 3.05) is 19.8 Å². The predicted molar refractivity (Wildman–Crippen MR) is 64.2 cm³/mol. The van der Waals surface area contributed by atoms with Crippen LogP contribution in [0.4, 0.5) is 0 Å². The van der Waals surface area contributed by atoms with Crippen molar-refractivity contribution in [2.24, 2.45) is 5.73 Å². The second-order valence-corrected chi connectivity index (χ2v) is 3.77. The van der Waals surface area contributed by atoms with Gasteiger partial charge in [0.25, 0.3) is 0 Å². The van der Waals surface area contributed by atoms with Gasteiger partial charge in [-0.15, -0.1) is 0 Å². The number of nitrogens with one attached hydrogen (secondary N) is 1. The van der Waals surface area contributed by atoms with Gasteiger partial charge in [-0.05, 0) is 13.0 Å². The maximum atomic E-state index is 10.5. The second kappa shape index (κ2) is 7.81. The van der Waals surface area contributed by atoms with Gasteiger partial charge in [0.1, 0.15) is 6.61 Å². The fourth-order valence-corrected chi connectivity index (χ4v) is 1.43. The van der Waals surface area contributed by atoms with Crippen molar-refractivity contribution >= 4 is 5.91 Å². The molecule has 0 unspecified atom stereocenters. The zero-order chi connectivity index (χ0) is 12.5. The monoisotopic (exact) mass is 240 g/mol. The first-order valence-corrected chi connectivity index (χ1v) is 5.79. The van der Waals surface area contributed by atoms with Gasteiger partial charge in [0.05, 0.1) is 18.6 Å². The number of amides is 1. The van der Waals surface area contributed by atoms with E-state index in [4.69, 9.17) is 10.5 Å². The summed E-state index contributed by atoms with van der Waals surface area (Å²) >= 11 is 0. The van der Waals surface area contributed by atoms with Crippen LogP contribution in [0.2, 0.25) is 0 Å². The molecule has 1 aromatic rings. The molecule has 3 N–H and O–H groups in total. The number of carbonyl (C=O) groups is 1. The van der Waals surface area contributed by atoms with E-state index < -0.39 is 5.91 Å². The van der Waals surface area contributed by atoms with Gasteiger partial charge in [0, 0.05) is 19.3 Å². The molecule has 0 aromatic carbocycles. The van der Waals surface area contributed by atoms with E-state index in [2.05, 4.69) is 17.2 Å². The zero-order valence-corrected chi connectivity index (χ0v) is 10.2. The number of rotatable bonds is 9.